The van der Waals surface area contributed by atoms with E-state index >= 15 is 0 Å². The van der Waals surface area contributed by atoms with Gasteiger partial charge in [-0.3, -0.25) is 19.3 Å². The third kappa shape index (κ3) is 4.12. The molecule has 9 heteroatoms. The zero-order chi connectivity index (χ0) is 19.4. The van der Waals surface area contributed by atoms with Gasteiger partial charge in [-0.15, -0.1) is 0 Å². The maximum atomic E-state index is 12.2. The molecule has 0 radical (unpaired) electrons. The summed E-state index contributed by atoms with van der Waals surface area (Å²) < 4.78 is 4.86. The van der Waals surface area contributed by atoms with Crippen LogP contribution in [0.4, 0.5) is 4.79 Å². The number of nitrogens with zero attached hydrogens (tertiary/aromatic N) is 2. The van der Waals surface area contributed by atoms with Crippen LogP contribution in [0.15, 0.2) is 0 Å². The summed E-state index contributed by atoms with van der Waals surface area (Å²) in [5.41, 5.74) is -1.94. The highest BCUT2D eigenvalue weighted by atomic mass is 16.5. The third-order valence-electron chi connectivity index (χ3n) is 5.00. The number of carbonyl (C=O) groups is 4. The average Bonchev–Trinajstić information content (AvgIpc) is 2.84. The van der Waals surface area contributed by atoms with Crippen molar-refractivity contribution >= 4 is 23.8 Å². The van der Waals surface area contributed by atoms with Crippen molar-refractivity contribution in [3.63, 3.8) is 0 Å². The van der Waals surface area contributed by atoms with Crippen molar-refractivity contribution in [3.8, 4) is 6.07 Å². The second-order valence-corrected chi connectivity index (χ2v) is 6.97. The lowest BCUT2D eigenvalue weighted by molar-refractivity contribution is -0.151. The largest absolute Gasteiger partial charge is 0.454 e. The standard InChI is InChI=1S/C17H24N4O5/c1-3-16(2)14(24)21(15(25)20-16)9-13(23)26-10-12(22)19-17(11-18)7-5-4-6-8-17/h3-10H2,1-2H3,(H,19,22)(H,20,25)/t16-/m0/s1. The first-order valence-electron chi connectivity index (χ1n) is 8.77. The predicted octanol–water partition coefficient (Wildman–Crippen LogP) is 0.593. The Hall–Kier alpha value is -2.63. The first kappa shape index (κ1) is 19.7. The number of amides is 4. The molecule has 0 aromatic rings. The minimum atomic E-state index is -1.03. The van der Waals surface area contributed by atoms with Crippen LogP contribution in [0.25, 0.3) is 0 Å². The summed E-state index contributed by atoms with van der Waals surface area (Å²) in [6.07, 6.45) is 4.27. The van der Waals surface area contributed by atoms with Crippen LogP contribution in [0.2, 0.25) is 0 Å². The van der Waals surface area contributed by atoms with E-state index in [2.05, 4.69) is 16.7 Å². The van der Waals surface area contributed by atoms with Crippen molar-refractivity contribution in [1.82, 2.24) is 15.5 Å². The molecular formula is C17H24N4O5. The van der Waals surface area contributed by atoms with Crippen molar-refractivity contribution in [3.05, 3.63) is 0 Å². The molecule has 1 aliphatic carbocycles. The Balaban J connectivity index is 1.83. The van der Waals surface area contributed by atoms with Gasteiger partial charge in [0.25, 0.3) is 11.8 Å². The van der Waals surface area contributed by atoms with Crippen LogP contribution < -0.4 is 10.6 Å². The van der Waals surface area contributed by atoms with Crippen molar-refractivity contribution in [2.75, 3.05) is 13.2 Å². The van der Waals surface area contributed by atoms with Crippen LogP contribution in [0, 0.1) is 11.3 Å². The summed E-state index contributed by atoms with van der Waals surface area (Å²) in [5.74, 6) is -1.94. The van der Waals surface area contributed by atoms with Crippen molar-refractivity contribution in [2.45, 2.75) is 63.5 Å². The molecule has 0 spiro atoms. The molecule has 26 heavy (non-hydrogen) atoms. The first-order valence-corrected chi connectivity index (χ1v) is 8.77. The fraction of sp³-hybridized carbons (Fsp3) is 0.706. The molecule has 1 saturated heterocycles. The number of hydrogen-bond donors (Lipinski definition) is 2. The van der Waals surface area contributed by atoms with E-state index < -0.39 is 48.0 Å². The smallest absolute Gasteiger partial charge is 0.326 e. The molecule has 1 atom stereocenters. The summed E-state index contributed by atoms with van der Waals surface area (Å²) in [6.45, 7) is 2.21. The molecule has 2 rings (SSSR count). The van der Waals surface area contributed by atoms with Gasteiger partial charge in [-0.1, -0.05) is 26.2 Å². The molecule has 0 bridgehead atoms. The Morgan fingerprint density at radius 3 is 2.50 bits per heavy atom. The molecule has 2 aliphatic rings. The fourth-order valence-corrected chi connectivity index (χ4v) is 3.17. The van der Waals surface area contributed by atoms with Gasteiger partial charge in [0.15, 0.2) is 6.61 Å². The van der Waals surface area contributed by atoms with E-state index in [1.165, 1.54) is 0 Å². The lowest BCUT2D eigenvalue weighted by Crippen LogP contribution is -2.50. The van der Waals surface area contributed by atoms with E-state index in [0.29, 0.717) is 19.3 Å². The molecule has 9 nitrogen and oxygen atoms in total. The number of hydrogen-bond acceptors (Lipinski definition) is 6. The molecule has 142 valence electrons. The molecule has 4 amide bonds. The summed E-state index contributed by atoms with van der Waals surface area (Å²) in [5, 5.41) is 14.5. The molecule has 2 fully saturated rings. The molecule has 1 saturated carbocycles. The van der Waals surface area contributed by atoms with Gasteiger partial charge < -0.3 is 15.4 Å². The highest BCUT2D eigenvalue weighted by Crippen LogP contribution is 2.27. The Morgan fingerprint density at radius 2 is 1.96 bits per heavy atom. The lowest BCUT2D eigenvalue weighted by Gasteiger charge is -2.31. The quantitative estimate of drug-likeness (QED) is 0.524. The fourth-order valence-electron chi connectivity index (χ4n) is 3.17. The Bertz CT molecular complexity index is 650. The van der Waals surface area contributed by atoms with Crippen LogP contribution in [0.1, 0.15) is 52.4 Å². The molecule has 0 aromatic heterocycles. The zero-order valence-corrected chi connectivity index (χ0v) is 15.1. The molecule has 2 N–H and O–H groups in total. The van der Waals surface area contributed by atoms with Gasteiger partial charge in [0.1, 0.15) is 17.6 Å². The molecule has 0 unspecified atom stereocenters. The van der Waals surface area contributed by atoms with Gasteiger partial charge in [0.05, 0.1) is 6.07 Å². The minimum absolute atomic E-state index is 0.391. The summed E-state index contributed by atoms with van der Waals surface area (Å²) in [6, 6.07) is 1.48. The number of ether oxygens (including phenoxy) is 1. The lowest BCUT2D eigenvalue weighted by atomic mass is 9.83. The van der Waals surface area contributed by atoms with Gasteiger partial charge in [0.2, 0.25) is 0 Å². The topological polar surface area (TPSA) is 129 Å². The number of rotatable bonds is 6. The third-order valence-corrected chi connectivity index (χ3v) is 5.00. The van der Waals surface area contributed by atoms with Gasteiger partial charge in [-0.25, -0.2) is 4.79 Å². The van der Waals surface area contributed by atoms with Crippen molar-refractivity contribution in [2.24, 2.45) is 0 Å². The Morgan fingerprint density at radius 1 is 1.31 bits per heavy atom. The Kier molecular flexibility index (Phi) is 5.85. The maximum absolute atomic E-state index is 12.2. The summed E-state index contributed by atoms with van der Waals surface area (Å²) >= 11 is 0. The Labute approximate surface area is 152 Å². The van der Waals surface area contributed by atoms with E-state index in [-0.39, 0.29) is 0 Å². The molecular weight excluding hydrogens is 340 g/mol. The number of nitriles is 1. The van der Waals surface area contributed by atoms with Gasteiger partial charge >= 0.3 is 12.0 Å². The van der Waals surface area contributed by atoms with Gasteiger partial charge in [-0.05, 0) is 26.2 Å². The SMILES string of the molecule is CC[C@]1(C)NC(=O)N(CC(=O)OCC(=O)NC2(C#N)CCCCC2)C1=O. The normalized spacial score (nSPS) is 24.6. The van der Waals surface area contributed by atoms with Gasteiger partial charge in [0, 0.05) is 0 Å². The van der Waals surface area contributed by atoms with E-state index in [1.807, 2.05) is 0 Å². The number of urea groups is 1. The number of carbonyl (C=O) groups excluding carboxylic acids is 4. The van der Waals surface area contributed by atoms with Crippen LogP contribution in [-0.2, 0) is 19.1 Å². The molecule has 0 aromatic carbocycles. The van der Waals surface area contributed by atoms with E-state index in [9.17, 15) is 24.4 Å². The zero-order valence-electron chi connectivity index (χ0n) is 15.1. The summed E-state index contributed by atoms with van der Waals surface area (Å²) in [4.78, 5) is 48.7. The van der Waals surface area contributed by atoms with E-state index in [0.717, 1.165) is 24.2 Å². The van der Waals surface area contributed by atoms with Crippen LogP contribution in [0.3, 0.4) is 0 Å². The minimum Gasteiger partial charge on any atom is -0.454 e. The maximum Gasteiger partial charge on any atom is 0.326 e. The second kappa shape index (κ2) is 7.72. The van der Waals surface area contributed by atoms with Crippen molar-refractivity contribution < 1.29 is 23.9 Å². The molecule has 1 heterocycles. The number of esters is 1. The highest BCUT2D eigenvalue weighted by molar-refractivity contribution is 6.08. The van der Waals surface area contributed by atoms with Crippen molar-refractivity contribution in [1.29, 1.82) is 5.26 Å². The predicted molar refractivity (Wildman–Crippen MR) is 89.5 cm³/mol. The van der Waals surface area contributed by atoms with E-state index in [4.69, 9.17) is 4.74 Å². The van der Waals surface area contributed by atoms with Crippen LogP contribution in [-0.4, -0.2) is 52.9 Å². The number of nitrogens with one attached hydrogen (secondary N) is 2. The number of imide groups is 1. The monoisotopic (exact) mass is 364 g/mol. The second-order valence-electron chi connectivity index (χ2n) is 6.97. The highest BCUT2D eigenvalue weighted by Gasteiger charge is 2.47. The summed E-state index contributed by atoms with van der Waals surface area (Å²) in [7, 11) is 0. The first-order chi connectivity index (χ1) is 12.2. The van der Waals surface area contributed by atoms with Crippen LogP contribution >= 0.6 is 0 Å². The van der Waals surface area contributed by atoms with E-state index in [1.54, 1.807) is 13.8 Å². The van der Waals surface area contributed by atoms with Gasteiger partial charge in [-0.2, -0.15) is 5.26 Å². The average molecular weight is 364 g/mol. The molecule has 1 aliphatic heterocycles. The van der Waals surface area contributed by atoms with Crippen LogP contribution in [0.5, 0.6) is 0 Å².